The molecule has 1 saturated heterocycles. The second-order valence-corrected chi connectivity index (χ2v) is 7.22. The zero-order valence-electron chi connectivity index (χ0n) is 15.7. The Hall–Kier alpha value is -2.57. The van der Waals surface area contributed by atoms with Crippen LogP contribution in [0.1, 0.15) is 30.4 Å². The minimum Gasteiger partial charge on any atom is -0.384 e. The molecule has 0 atom stereocenters. The maximum absolute atomic E-state index is 11.9. The molecule has 6 nitrogen and oxygen atoms in total. The van der Waals surface area contributed by atoms with Crippen molar-refractivity contribution < 1.29 is 9.63 Å². The molecule has 7 heteroatoms. The van der Waals surface area contributed by atoms with Gasteiger partial charge in [-0.25, -0.2) is 0 Å². The van der Waals surface area contributed by atoms with Gasteiger partial charge < -0.3 is 15.9 Å². The quantitative estimate of drug-likeness (QED) is 0.422. The molecule has 1 heterocycles. The van der Waals surface area contributed by atoms with Gasteiger partial charge in [-0.3, -0.25) is 9.69 Å². The average molecular weight is 401 g/mol. The number of rotatable bonds is 7. The van der Waals surface area contributed by atoms with Crippen LogP contribution < -0.4 is 11.1 Å². The van der Waals surface area contributed by atoms with Crippen LogP contribution in [0.25, 0.3) is 0 Å². The molecule has 1 aliphatic heterocycles. The highest BCUT2D eigenvalue weighted by molar-refractivity contribution is 6.33. The van der Waals surface area contributed by atoms with Crippen molar-refractivity contribution in [1.29, 1.82) is 0 Å². The number of nitrogens with one attached hydrogen (secondary N) is 1. The molecule has 0 unspecified atom stereocenters. The molecule has 148 valence electrons. The van der Waals surface area contributed by atoms with Crippen molar-refractivity contribution >= 4 is 29.0 Å². The summed E-state index contributed by atoms with van der Waals surface area (Å²) in [5, 5.41) is 7.00. The van der Waals surface area contributed by atoms with E-state index in [0.29, 0.717) is 10.7 Å². The van der Waals surface area contributed by atoms with Gasteiger partial charge in [-0.05, 0) is 49.7 Å². The Balaban J connectivity index is 1.52. The number of amidine groups is 1. The molecule has 0 aliphatic carbocycles. The number of halogens is 1. The van der Waals surface area contributed by atoms with Crippen molar-refractivity contribution in [3.8, 4) is 0 Å². The number of oxime groups is 1. The van der Waals surface area contributed by atoms with E-state index < -0.39 is 0 Å². The van der Waals surface area contributed by atoms with Crippen molar-refractivity contribution in [3.63, 3.8) is 0 Å². The summed E-state index contributed by atoms with van der Waals surface area (Å²) in [6, 6.07) is 14.9. The molecule has 3 N–H and O–H groups in total. The smallest absolute Gasteiger partial charge is 0.265 e. The number of amides is 1. The number of piperidine rings is 1. The number of hydrogen-bond acceptors (Lipinski definition) is 4. The summed E-state index contributed by atoms with van der Waals surface area (Å²) in [7, 11) is 0. The van der Waals surface area contributed by atoms with E-state index in [9.17, 15) is 4.79 Å². The van der Waals surface area contributed by atoms with Crippen LogP contribution >= 0.6 is 11.6 Å². The maximum Gasteiger partial charge on any atom is 0.265 e. The van der Waals surface area contributed by atoms with E-state index in [1.807, 2.05) is 18.2 Å². The molecular weight excluding hydrogens is 376 g/mol. The van der Waals surface area contributed by atoms with Gasteiger partial charge in [0.05, 0.1) is 10.7 Å². The number of likely N-dealkylation sites (tertiary alicyclic amines) is 1. The Kier molecular flexibility index (Phi) is 7.28. The Morgan fingerprint density at radius 2 is 1.93 bits per heavy atom. The highest BCUT2D eigenvalue weighted by Crippen LogP contribution is 2.20. The normalized spacial score (nSPS) is 15.2. The fourth-order valence-corrected chi connectivity index (χ4v) is 3.35. The number of carbonyl (C=O) groups excluding carboxylic acids is 1. The number of carbonyl (C=O) groups is 1. The third-order valence-corrected chi connectivity index (χ3v) is 4.91. The Labute approximate surface area is 170 Å². The molecule has 1 amide bonds. The van der Waals surface area contributed by atoms with Gasteiger partial charge in [0, 0.05) is 12.1 Å². The minimum atomic E-state index is -0.358. The SMILES string of the molecule is N/C(=N\OCC(=O)Nc1ccccc1Cl)c1cccc(CN2CCCCC2)c1. The number of nitrogens with zero attached hydrogens (tertiary/aromatic N) is 2. The van der Waals surface area contributed by atoms with Gasteiger partial charge in [0.15, 0.2) is 12.4 Å². The van der Waals surface area contributed by atoms with Crippen LogP contribution in [-0.4, -0.2) is 36.3 Å². The van der Waals surface area contributed by atoms with E-state index in [4.69, 9.17) is 22.2 Å². The van der Waals surface area contributed by atoms with Crippen molar-refractivity contribution in [2.75, 3.05) is 25.0 Å². The van der Waals surface area contributed by atoms with Gasteiger partial charge in [-0.2, -0.15) is 0 Å². The van der Waals surface area contributed by atoms with E-state index in [1.165, 1.54) is 24.8 Å². The summed E-state index contributed by atoms with van der Waals surface area (Å²) < 4.78 is 0. The second-order valence-electron chi connectivity index (χ2n) is 6.82. The highest BCUT2D eigenvalue weighted by atomic mass is 35.5. The van der Waals surface area contributed by atoms with Crippen LogP contribution in [0.5, 0.6) is 0 Å². The van der Waals surface area contributed by atoms with Crippen LogP contribution in [0.3, 0.4) is 0 Å². The molecule has 0 bridgehead atoms. The summed E-state index contributed by atoms with van der Waals surface area (Å²) in [5.74, 6) is -0.116. The molecular formula is C21H25ClN4O2. The molecule has 2 aromatic rings. The van der Waals surface area contributed by atoms with Gasteiger partial charge in [-0.1, -0.05) is 53.5 Å². The van der Waals surface area contributed by atoms with Crippen LogP contribution in [0, 0.1) is 0 Å². The lowest BCUT2D eigenvalue weighted by atomic mass is 10.1. The van der Waals surface area contributed by atoms with E-state index in [-0.39, 0.29) is 18.3 Å². The van der Waals surface area contributed by atoms with Crippen molar-refractivity contribution in [1.82, 2.24) is 4.90 Å². The first-order valence-corrected chi connectivity index (χ1v) is 9.81. The third kappa shape index (κ3) is 5.97. The van der Waals surface area contributed by atoms with E-state index in [0.717, 1.165) is 25.2 Å². The highest BCUT2D eigenvalue weighted by Gasteiger charge is 2.11. The molecule has 28 heavy (non-hydrogen) atoms. The molecule has 0 spiro atoms. The summed E-state index contributed by atoms with van der Waals surface area (Å²) in [5.41, 5.74) is 8.51. The number of hydrogen-bond donors (Lipinski definition) is 2. The summed E-state index contributed by atoms with van der Waals surface area (Å²) in [6.45, 7) is 2.93. The zero-order chi connectivity index (χ0) is 19.8. The molecule has 2 aromatic carbocycles. The van der Waals surface area contributed by atoms with E-state index >= 15 is 0 Å². The maximum atomic E-state index is 11.9. The number of anilines is 1. The van der Waals surface area contributed by atoms with E-state index in [1.54, 1.807) is 24.3 Å². The number of benzene rings is 2. The van der Waals surface area contributed by atoms with Crippen molar-refractivity contribution in [2.24, 2.45) is 10.9 Å². The van der Waals surface area contributed by atoms with Crippen molar-refractivity contribution in [3.05, 3.63) is 64.7 Å². The standard InChI is InChI=1S/C21H25ClN4O2/c22-18-9-2-3-10-19(18)24-20(27)15-28-25-21(23)17-8-6-7-16(13-17)14-26-11-4-1-5-12-26/h2-3,6-10,13H,1,4-5,11-12,14-15H2,(H2,23,25)(H,24,27). The molecule has 0 radical (unpaired) electrons. The Morgan fingerprint density at radius 1 is 1.14 bits per heavy atom. The second kappa shape index (κ2) is 10.1. The van der Waals surface area contributed by atoms with Gasteiger partial charge in [0.25, 0.3) is 5.91 Å². The lowest BCUT2D eigenvalue weighted by Crippen LogP contribution is -2.29. The average Bonchev–Trinajstić information content (AvgIpc) is 2.71. The number of nitrogens with two attached hydrogens (primary N) is 1. The van der Waals surface area contributed by atoms with Crippen LogP contribution in [0.15, 0.2) is 53.7 Å². The molecule has 0 aromatic heterocycles. The van der Waals surface area contributed by atoms with Crippen molar-refractivity contribution in [2.45, 2.75) is 25.8 Å². The van der Waals surface area contributed by atoms with Gasteiger partial charge >= 0.3 is 0 Å². The summed E-state index contributed by atoms with van der Waals surface area (Å²) in [6.07, 6.45) is 3.83. The fourth-order valence-electron chi connectivity index (χ4n) is 3.17. The Bertz CT molecular complexity index is 835. The predicted molar refractivity (Wildman–Crippen MR) is 112 cm³/mol. The lowest BCUT2D eigenvalue weighted by molar-refractivity contribution is -0.120. The zero-order valence-corrected chi connectivity index (χ0v) is 16.5. The molecule has 3 rings (SSSR count). The molecule has 1 aliphatic rings. The van der Waals surface area contributed by atoms with Gasteiger partial charge in [0.1, 0.15) is 0 Å². The first-order valence-electron chi connectivity index (χ1n) is 9.43. The van der Waals surface area contributed by atoms with Crippen LogP contribution in [-0.2, 0) is 16.2 Å². The fraction of sp³-hybridized carbons (Fsp3) is 0.333. The first kappa shape index (κ1) is 20.2. The number of para-hydroxylation sites is 1. The monoisotopic (exact) mass is 400 g/mol. The van der Waals surface area contributed by atoms with E-state index in [2.05, 4.69) is 21.4 Å². The lowest BCUT2D eigenvalue weighted by Gasteiger charge is -2.26. The predicted octanol–water partition coefficient (Wildman–Crippen LogP) is 3.60. The minimum absolute atomic E-state index is 0.242. The van der Waals surface area contributed by atoms with Gasteiger partial charge in [-0.15, -0.1) is 0 Å². The molecule has 0 saturated carbocycles. The summed E-state index contributed by atoms with van der Waals surface area (Å²) >= 11 is 6.01. The van der Waals surface area contributed by atoms with Crippen LogP contribution in [0.2, 0.25) is 5.02 Å². The third-order valence-electron chi connectivity index (χ3n) is 4.58. The topological polar surface area (TPSA) is 80.0 Å². The largest absolute Gasteiger partial charge is 0.384 e. The first-order chi connectivity index (χ1) is 13.6. The molecule has 1 fully saturated rings. The van der Waals surface area contributed by atoms with Gasteiger partial charge in [0.2, 0.25) is 0 Å². The summed E-state index contributed by atoms with van der Waals surface area (Å²) in [4.78, 5) is 19.5. The van der Waals surface area contributed by atoms with Crippen LogP contribution in [0.4, 0.5) is 5.69 Å². The Morgan fingerprint density at radius 3 is 2.71 bits per heavy atom.